The standard InChI is InChI=1S/C11H13NO2/c1-9(14-8-13)7-11(12)10-5-3-2-4-6-10/h2-6,8-9,12H,7H2,1H3. The van der Waals surface area contributed by atoms with Crippen molar-refractivity contribution in [2.75, 3.05) is 0 Å². The molecule has 1 N–H and O–H groups in total. The third-order valence-corrected chi connectivity index (χ3v) is 1.90. The Bertz CT molecular complexity index is 308. The zero-order chi connectivity index (χ0) is 10.4. The van der Waals surface area contributed by atoms with Crippen molar-refractivity contribution in [1.82, 2.24) is 0 Å². The first kappa shape index (κ1) is 10.4. The minimum atomic E-state index is -0.236. The highest BCUT2D eigenvalue weighted by Crippen LogP contribution is 2.06. The molecule has 1 atom stereocenters. The summed E-state index contributed by atoms with van der Waals surface area (Å²) < 4.78 is 4.71. The lowest BCUT2D eigenvalue weighted by atomic mass is 10.1. The summed E-state index contributed by atoms with van der Waals surface area (Å²) in [5.41, 5.74) is 1.36. The lowest BCUT2D eigenvalue weighted by Crippen LogP contribution is -2.13. The smallest absolute Gasteiger partial charge is 0.293 e. The largest absolute Gasteiger partial charge is 0.464 e. The normalized spacial score (nSPS) is 11.8. The van der Waals surface area contributed by atoms with E-state index in [9.17, 15) is 4.79 Å². The van der Waals surface area contributed by atoms with Crippen LogP contribution in [0, 0.1) is 5.41 Å². The van der Waals surface area contributed by atoms with Crippen LogP contribution in [0.25, 0.3) is 0 Å². The molecule has 1 aromatic carbocycles. The fourth-order valence-electron chi connectivity index (χ4n) is 1.19. The predicted octanol–water partition coefficient (Wildman–Crippen LogP) is 2.01. The third-order valence-electron chi connectivity index (χ3n) is 1.90. The first-order chi connectivity index (χ1) is 6.74. The summed E-state index contributed by atoms with van der Waals surface area (Å²) in [5.74, 6) is 0. The summed E-state index contributed by atoms with van der Waals surface area (Å²) >= 11 is 0. The highest BCUT2D eigenvalue weighted by atomic mass is 16.5. The summed E-state index contributed by atoms with van der Waals surface area (Å²) in [6.45, 7) is 2.19. The number of hydrogen-bond donors (Lipinski definition) is 1. The second-order valence-electron chi connectivity index (χ2n) is 3.09. The minimum absolute atomic E-state index is 0.236. The molecule has 0 saturated heterocycles. The molecule has 0 saturated carbocycles. The predicted molar refractivity (Wildman–Crippen MR) is 54.5 cm³/mol. The third kappa shape index (κ3) is 3.01. The van der Waals surface area contributed by atoms with E-state index >= 15 is 0 Å². The van der Waals surface area contributed by atoms with Gasteiger partial charge >= 0.3 is 0 Å². The van der Waals surface area contributed by atoms with Crippen LogP contribution >= 0.6 is 0 Å². The second-order valence-corrected chi connectivity index (χ2v) is 3.09. The molecule has 74 valence electrons. The zero-order valence-corrected chi connectivity index (χ0v) is 8.07. The molecule has 14 heavy (non-hydrogen) atoms. The maximum absolute atomic E-state index is 10.0. The maximum Gasteiger partial charge on any atom is 0.293 e. The number of carbonyl (C=O) groups is 1. The van der Waals surface area contributed by atoms with Gasteiger partial charge in [0.1, 0.15) is 6.10 Å². The Morgan fingerprint density at radius 1 is 1.50 bits per heavy atom. The second kappa shape index (κ2) is 5.17. The van der Waals surface area contributed by atoms with Gasteiger partial charge in [-0.15, -0.1) is 0 Å². The van der Waals surface area contributed by atoms with Crippen molar-refractivity contribution >= 4 is 12.2 Å². The van der Waals surface area contributed by atoms with Gasteiger partial charge in [0.2, 0.25) is 0 Å². The quantitative estimate of drug-likeness (QED) is 0.571. The molecular weight excluding hydrogens is 178 g/mol. The van der Waals surface area contributed by atoms with Crippen molar-refractivity contribution < 1.29 is 9.53 Å². The van der Waals surface area contributed by atoms with Crippen molar-refractivity contribution in [3.63, 3.8) is 0 Å². The van der Waals surface area contributed by atoms with E-state index in [1.165, 1.54) is 0 Å². The van der Waals surface area contributed by atoms with Gasteiger partial charge in [0.25, 0.3) is 6.47 Å². The van der Waals surface area contributed by atoms with Gasteiger partial charge in [-0.2, -0.15) is 0 Å². The summed E-state index contributed by atoms with van der Waals surface area (Å²) in [5, 5.41) is 7.74. The molecule has 0 spiro atoms. The number of nitrogens with one attached hydrogen (secondary N) is 1. The lowest BCUT2D eigenvalue weighted by molar-refractivity contribution is -0.132. The molecule has 0 aliphatic rings. The molecule has 0 aromatic heterocycles. The van der Waals surface area contributed by atoms with Crippen LogP contribution in [-0.2, 0) is 9.53 Å². The van der Waals surface area contributed by atoms with E-state index in [0.717, 1.165) is 5.56 Å². The van der Waals surface area contributed by atoms with Gasteiger partial charge in [0, 0.05) is 12.1 Å². The van der Waals surface area contributed by atoms with Crippen molar-refractivity contribution in [2.45, 2.75) is 19.4 Å². The van der Waals surface area contributed by atoms with Crippen LogP contribution in [0.1, 0.15) is 18.9 Å². The Balaban J connectivity index is 2.55. The molecule has 0 fully saturated rings. The maximum atomic E-state index is 10.0. The van der Waals surface area contributed by atoms with E-state index in [1.807, 2.05) is 30.3 Å². The molecule has 0 heterocycles. The van der Waals surface area contributed by atoms with Crippen LogP contribution in [0.2, 0.25) is 0 Å². The Labute approximate surface area is 83.2 Å². The average Bonchev–Trinajstić information content (AvgIpc) is 2.19. The molecule has 1 rings (SSSR count). The molecule has 3 nitrogen and oxygen atoms in total. The number of ether oxygens (including phenoxy) is 1. The van der Waals surface area contributed by atoms with Crippen molar-refractivity contribution in [2.24, 2.45) is 0 Å². The molecule has 0 radical (unpaired) electrons. The zero-order valence-electron chi connectivity index (χ0n) is 8.07. The van der Waals surface area contributed by atoms with E-state index in [0.29, 0.717) is 18.6 Å². The van der Waals surface area contributed by atoms with Crippen LogP contribution in [0.5, 0.6) is 0 Å². The average molecular weight is 191 g/mol. The van der Waals surface area contributed by atoms with Gasteiger partial charge in [-0.05, 0) is 12.5 Å². The molecule has 3 heteroatoms. The Morgan fingerprint density at radius 3 is 2.71 bits per heavy atom. The van der Waals surface area contributed by atoms with Crippen LogP contribution < -0.4 is 0 Å². The van der Waals surface area contributed by atoms with Gasteiger partial charge in [0.05, 0.1) is 0 Å². The summed E-state index contributed by atoms with van der Waals surface area (Å²) in [7, 11) is 0. The Kier molecular flexibility index (Phi) is 3.85. The van der Waals surface area contributed by atoms with E-state index in [4.69, 9.17) is 10.1 Å². The fraction of sp³-hybridized carbons (Fsp3) is 0.273. The minimum Gasteiger partial charge on any atom is -0.464 e. The molecule has 0 aliphatic heterocycles. The number of rotatable bonds is 5. The molecule has 1 unspecified atom stereocenters. The van der Waals surface area contributed by atoms with Crippen LogP contribution in [0.3, 0.4) is 0 Å². The topological polar surface area (TPSA) is 50.1 Å². The van der Waals surface area contributed by atoms with Crippen molar-refractivity contribution in [3.8, 4) is 0 Å². The van der Waals surface area contributed by atoms with Crippen LogP contribution in [-0.4, -0.2) is 18.3 Å². The molecular formula is C11H13NO2. The fourth-order valence-corrected chi connectivity index (χ4v) is 1.19. The van der Waals surface area contributed by atoms with Crippen LogP contribution in [0.4, 0.5) is 0 Å². The number of benzene rings is 1. The van der Waals surface area contributed by atoms with E-state index in [-0.39, 0.29) is 6.10 Å². The van der Waals surface area contributed by atoms with Gasteiger partial charge < -0.3 is 10.1 Å². The number of hydrogen-bond acceptors (Lipinski definition) is 3. The van der Waals surface area contributed by atoms with Crippen molar-refractivity contribution in [3.05, 3.63) is 35.9 Å². The molecule has 0 aliphatic carbocycles. The van der Waals surface area contributed by atoms with Gasteiger partial charge in [-0.3, -0.25) is 4.79 Å². The molecule has 1 aromatic rings. The first-order valence-electron chi connectivity index (χ1n) is 4.46. The van der Waals surface area contributed by atoms with Gasteiger partial charge in [0.15, 0.2) is 0 Å². The Morgan fingerprint density at radius 2 is 2.14 bits per heavy atom. The summed E-state index contributed by atoms with van der Waals surface area (Å²) in [6.07, 6.45) is 0.211. The van der Waals surface area contributed by atoms with Crippen molar-refractivity contribution in [1.29, 1.82) is 5.41 Å². The summed E-state index contributed by atoms with van der Waals surface area (Å²) in [4.78, 5) is 10.0. The highest BCUT2D eigenvalue weighted by Gasteiger charge is 2.07. The highest BCUT2D eigenvalue weighted by molar-refractivity contribution is 5.98. The lowest BCUT2D eigenvalue weighted by Gasteiger charge is -2.09. The van der Waals surface area contributed by atoms with Gasteiger partial charge in [-0.25, -0.2) is 0 Å². The molecule has 0 amide bonds. The SMILES string of the molecule is CC(CC(=N)c1ccccc1)OC=O. The van der Waals surface area contributed by atoms with E-state index in [2.05, 4.69) is 0 Å². The van der Waals surface area contributed by atoms with E-state index in [1.54, 1.807) is 6.92 Å². The van der Waals surface area contributed by atoms with Gasteiger partial charge in [-0.1, -0.05) is 30.3 Å². The molecule has 0 bridgehead atoms. The summed E-state index contributed by atoms with van der Waals surface area (Å²) in [6, 6.07) is 9.41. The monoisotopic (exact) mass is 191 g/mol. The first-order valence-corrected chi connectivity index (χ1v) is 4.46. The van der Waals surface area contributed by atoms with Crippen LogP contribution in [0.15, 0.2) is 30.3 Å². The van der Waals surface area contributed by atoms with E-state index < -0.39 is 0 Å². The Hall–Kier alpha value is -1.64. The number of carbonyl (C=O) groups excluding carboxylic acids is 1.